The summed E-state index contributed by atoms with van der Waals surface area (Å²) in [6.07, 6.45) is 2.03. The van der Waals surface area contributed by atoms with Gasteiger partial charge in [-0.3, -0.25) is 9.69 Å². The lowest BCUT2D eigenvalue weighted by Gasteiger charge is -2.26. The Hall–Kier alpha value is -3.03. The number of carbonyl (C=O) groups excluding carboxylic acids is 1. The molecule has 162 valence electrons. The van der Waals surface area contributed by atoms with Gasteiger partial charge in [-0.05, 0) is 62.2 Å². The first-order valence-corrected chi connectivity index (χ1v) is 10.8. The van der Waals surface area contributed by atoms with Gasteiger partial charge in [-0.2, -0.15) is 0 Å². The molecule has 7 nitrogen and oxygen atoms in total. The van der Waals surface area contributed by atoms with Crippen molar-refractivity contribution in [3.8, 4) is 22.9 Å². The molecule has 2 heterocycles. The van der Waals surface area contributed by atoms with Crippen LogP contribution in [0.15, 0.2) is 52.9 Å². The molecule has 0 atom stereocenters. The van der Waals surface area contributed by atoms with Crippen LogP contribution in [-0.4, -0.2) is 60.4 Å². The third-order valence-electron chi connectivity index (χ3n) is 5.48. The minimum atomic E-state index is -0.0657. The van der Waals surface area contributed by atoms with E-state index in [1.54, 1.807) is 12.1 Å². The fraction of sp³-hybridized carbons (Fsp3) is 0.375. The van der Waals surface area contributed by atoms with Gasteiger partial charge in [-0.15, -0.1) is 10.2 Å². The predicted octanol–water partition coefficient (Wildman–Crippen LogP) is 3.55. The van der Waals surface area contributed by atoms with Crippen molar-refractivity contribution in [2.24, 2.45) is 0 Å². The standard InChI is InChI=1S/C24H28N4O3/c1-18-6-2-3-7-21(18)24-27-26-23(31-24)20-10-8-19(9-11-20)22(29)25-12-4-5-13-28-14-16-30-17-15-28/h2-3,6-11H,4-5,12-17H2,1H3,(H,25,29). The summed E-state index contributed by atoms with van der Waals surface area (Å²) in [6, 6.07) is 15.1. The highest BCUT2D eigenvalue weighted by Crippen LogP contribution is 2.26. The van der Waals surface area contributed by atoms with Crippen molar-refractivity contribution in [2.75, 3.05) is 39.4 Å². The zero-order valence-corrected chi connectivity index (χ0v) is 17.8. The van der Waals surface area contributed by atoms with Crippen LogP contribution >= 0.6 is 0 Å². The number of unbranched alkanes of at least 4 members (excludes halogenated alkanes) is 1. The number of morpholine rings is 1. The molecule has 1 aliphatic heterocycles. The lowest BCUT2D eigenvalue weighted by molar-refractivity contribution is 0.0372. The van der Waals surface area contributed by atoms with E-state index in [1.807, 2.05) is 43.3 Å². The molecule has 4 rings (SSSR count). The number of hydrogen-bond donors (Lipinski definition) is 1. The van der Waals surface area contributed by atoms with Gasteiger partial charge in [0.1, 0.15) is 0 Å². The minimum Gasteiger partial charge on any atom is -0.416 e. The Labute approximate surface area is 182 Å². The highest BCUT2D eigenvalue weighted by Gasteiger charge is 2.13. The number of rotatable bonds is 8. The maximum atomic E-state index is 12.4. The third-order valence-corrected chi connectivity index (χ3v) is 5.48. The molecule has 1 fully saturated rings. The number of aryl methyl sites for hydroxylation is 1. The molecule has 0 bridgehead atoms. The van der Waals surface area contributed by atoms with E-state index in [0.29, 0.717) is 23.9 Å². The quantitative estimate of drug-likeness (QED) is 0.562. The van der Waals surface area contributed by atoms with Gasteiger partial charge in [-0.25, -0.2) is 0 Å². The monoisotopic (exact) mass is 420 g/mol. The van der Waals surface area contributed by atoms with Crippen molar-refractivity contribution in [3.05, 3.63) is 59.7 Å². The number of nitrogens with zero attached hydrogens (tertiary/aromatic N) is 3. The highest BCUT2D eigenvalue weighted by molar-refractivity contribution is 5.94. The van der Waals surface area contributed by atoms with Crippen molar-refractivity contribution < 1.29 is 13.9 Å². The Morgan fingerprint density at radius 3 is 2.52 bits per heavy atom. The molecular formula is C24H28N4O3. The van der Waals surface area contributed by atoms with Crippen LogP contribution in [0.25, 0.3) is 22.9 Å². The molecule has 7 heteroatoms. The average molecular weight is 421 g/mol. The first-order chi connectivity index (χ1) is 15.2. The second-order valence-electron chi connectivity index (χ2n) is 7.72. The molecule has 0 unspecified atom stereocenters. The van der Waals surface area contributed by atoms with Crippen LogP contribution in [0, 0.1) is 6.92 Å². The molecule has 1 N–H and O–H groups in total. The molecule has 0 saturated carbocycles. The molecule has 1 saturated heterocycles. The molecule has 2 aromatic carbocycles. The SMILES string of the molecule is Cc1ccccc1-c1nnc(-c2ccc(C(=O)NCCCCN3CCOCC3)cc2)o1. The second kappa shape index (κ2) is 10.3. The van der Waals surface area contributed by atoms with Crippen molar-refractivity contribution in [1.29, 1.82) is 0 Å². The molecule has 0 radical (unpaired) electrons. The number of hydrogen-bond acceptors (Lipinski definition) is 6. The van der Waals surface area contributed by atoms with Crippen LogP contribution in [0.5, 0.6) is 0 Å². The van der Waals surface area contributed by atoms with E-state index in [4.69, 9.17) is 9.15 Å². The number of carbonyl (C=O) groups is 1. The Balaban J connectivity index is 1.27. The third kappa shape index (κ3) is 5.57. The number of nitrogens with one attached hydrogen (secondary N) is 1. The Kier molecular flexibility index (Phi) is 7.07. The summed E-state index contributed by atoms with van der Waals surface area (Å²) in [4.78, 5) is 14.8. The topological polar surface area (TPSA) is 80.5 Å². The largest absolute Gasteiger partial charge is 0.416 e. The van der Waals surface area contributed by atoms with Crippen LogP contribution < -0.4 is 5.32 Å². The first-order valence-electron chi connectivity index (χ1n) is 10.8. The highest BCUT2D eigenvalue weighted by atomic mass is 16.5. The van der Waals surface area contributed by atoms with E-state index in [1.165, 1.54) is 0 Å². The fourth-order valence-electron chi connectivity index (χ4n) is 3.61. The molecule has 0 spiro atoms. The van der Waals surface area contributed by atoms with E-state index in [2.05, 4.69) is 20.4 Å². The smallest absolute Gasteiger partial charge is 0.251 e. The van der Waals surface area contributed by atoms with Gasteiger partial charge in [-0.1, -0.05) is 18.2 Å². The Bertz CT molecular complexity index is 994. The summed E-state index contributed by atoms with van der Waals surface area (Å²) < 4.78 is 11.2. The summed E-state index contributed by atoms with van der Waals surface area (Å²) in [5, 5.41) is 11.3. The van der Waals surface area contributed by atoms with Gasteiger partial charge >= 0.3 is 0 Å². The molecule has 31 heavy (non-hydrogen) atoms. The predicted molar refractivity (Wildman–Crippen MR) is 119 cm³/mol. The van der Waals surface area contributed by atoms with E-state index in [9.17, 15) is 4.79 Å². The van der Waals surface area contributed by atoms with E-state index in [-0.39, 0.29) is 5.91 Å². The van der Waals surface area contributed by atoms with Crippen LogP contribution in [0.4, 0.5) is 0 Å². The normalized spacial score (nSPS) is 14.5. The van der Waals surface area contributed by atoms with E-state index >= 15 is 0 Å². The van der Waals surface area contributed by atoms with Gasteiger partial charge < -0.3 is 14.5 Å². The van der Waals surface area contributed by atoms with Crippen LogP contribution in [0.1, 0.15) is 28.8 Å². The maximum absolute atomic E-state index is 12.4. The van der Waals surface area contributed by atoms with Crippen molar-refractivity contribution in [2.45, 2.75) is 19.8 Å². The minimum absolute atomic E-state index is 0.0657. The zero-order valence-electron chi connectivity index (χ0n) is 17.8. The van der Waals surface area contributed by atoms with Gasteiger partial charge in [0.2, 0.25) is 11.8 Å². The Morgan fingerprint density at radius 1 is 1.00 bits per heavy atom. The zero-order chi connectivity index (χ0) is 21.5. The van der Waals surface area contributed by atoms with Crippen molar-refractivity contribution in [1.82, 2.24) is 20.4 Å². The van der Waals surface area contributed by atoms with Gasteiger partial charge in [0, 0.05) is 36.3 Å². The van der Waals surface area contributed by atoms with E-state index in [0.717, 1.165) is 62.4 Å². The summed E-state index contributed by atoms with van der Waals surface area (Å²) in [5.41, 5.74) is 3.41. The van der Waals surface area contributed by atoms with Crippen LogP contribution in [0.3, 0.4) is 0 Å². The second-order valence-corrected chi connectivity index (χ2v) is 7.72. The molecule has 1 aliphatic rings. The first kappa shape index (κ1) is 21.2. The fourth-order valence-corrected chi connectivity index (χ4v) is 3.61. The number of aromatic nitrogens is 2. The van der Waals surface area contributed by atoms with E-state index < -0.39 is 0 Å². The number of amides is 1. The van der Waals surface area contributed by atoms with Gasteiger partial charge in [0.25, 0.3) is 5.91 Å². The Morgan fingerprint density at radius 2 is 1.74 bits per heavy atom. The summed E-state index contributed by atoms with van der Waals surface area (Å²) >= 11 is 0. The molecule has 0 aliphatic carbocycles. The molecule has 1 amide bonds. The summed E-state index contributed by atoms with van der Waals surface area (Å²) in [6.45, 7) is 7.40. The van der Waals surface area contributed by atoms with Crippen LogP contribution in [-0.2, 0) is 4.74 Å². The lowest BCUT2D eigenvalue weighted by Crippen LogP contribution is -2.37. The molecule has 1 aromatic heterocycles. The maximum Gasteiger partial charge on any atom is 0.251 e. The van der Waals surface area contributed by atoms with Crippen molar-refractivity contribution in [3.63, 3.8) is 0 Å². The lowest BCUT2D eigenvalue weighted by atomic mass is 10.1. The van der Waals surface area contributed by atoms with Gasteiger partial charge in [0.15, 0.2) is 0 Å². The summed E-state index contributed by atoms with van der Waals surface area (Å²) in [5.74, 6) is 0.865. The van der Waals surface area contributed by atoms with Gasteiger partial charge in [0.05, 0.1) is 13.2 Å². The van der Waals surface area contributed by atoms with Crippen LogP contribution in [0.2, 0.25) is 0 Å². The average Bonchev–Trinajstić information content (AvgIpc) is 3.30. The number of ether oxygens (including phenoxy) is 1. The number of benzene rings is 2. The summed E-state index contributed by atoms with van der Waals surface area (Å²) in [7, 11) is 0. The van der Waals surface area contributed by atoms with Crippen molar-refractivity contribution >= 4 is 5.91 Å². The molecule has 3 aromatic rings. The molecular weight excluding hydrogens is 392 g/mol.